The molecule has 31 heavy (non-hydrogen) atoms. The van der Waals surface area contributed by atoms with E-state index in [0.717, 1.165) is 5.56 Å². The Labute approximate surface area is 177 Å². The minimum Gasteiger partial charge on any atom is -0.313 e. The van der Waals surface area contributed by atoms with Crippen molar-refractivity contribution in [3.05, 3.63) is 41.5 Å². The van der Waals surface area contributed by atoms with E-state index < -0.39 is 49.0 Å². The molecule has 1 aromatic carbocycles. The van der Waals surface area contributed by atoms with E-state index in [1.54, 1.807) is 24.3 Å². The van der Waals surface area contributed by atoms with E-state index in [4.69, 9.17) is 4.74 Å². The Morgan fingerprint density at radius 3 is 1.97 bits per heavy atom. The van der Waals surface area contributed by atoms with Gasteiger partial charge in [0, 0.05) is 6.42 Å². The molecule has 2 aliphatic carbocycles. The molecule has 0 bridgehead atoms. The molecule has 0 aromatic heterocycles. The highest BCUT2D eigenvalue weighted by Gasteiger charge is 2.58. The van der Waals surface area contributed by atoms with Crippen molar-refractivity contribution in [1.29, 1.82) is 0 Å². The Kier molecular flexibility index (Phi) is 7.08. The second-order valence-electron chi connectivity index (χ2n) is 8.69. The Morgan fingerprint density at radius 1 is 0.871 bits per heavy atom. The predicted octanol–water partition coefficient (Wildman–Crippen LogP) is 7.96. The van der Waals surface area contributed by atoms with Gasteiger partial charge >= 0.3 is 12.3 Å². The van der Waals surface area contributed by atoms with E-state index in [2.05, 4.69) is 0 Å². The third-order valence-corrected chi connectivity index (χ3v) is 6.57. The van der Waals surface area contributed by atoms with Crippen molar-refractivity contribution in [3.63, 3.8) is 0 Å². The van der Waals surface area contributed by atoms with Crippen LogP contribution in [0.1, 0.15) is 63.0 Å². The maximum atomic E-state index is 14.5. The first-order valence-corrected chi connectivity index (χ1v) is 10.7. The molecule has 174 valence electrons. The van der Waals surface area contributed by atoms with Crippen LogP contribution >= 0.6 is 0 Å². The molecule has 0 saturated heterocycles. The molecule has 2 atom stereocenters. The van der Waals surface area contributed by atoms with Crippen molar-refractivity contribution < 1.29 is 35.5 Å². The van der Waals surface area contributed by atoms with Crippen LogP contribution in [-0.4, -0.2) is 18.2 Å². The topological polar surface area (TPSA) is 9.23 Å². The van der Waals surface area contributed by atoms with Crippen molar-refractivity contribution in [3.8, 4) is 0 Å². The SMILES string of the molecule is C/C=C/c1ccc(C(F)(F)OC2CCC(C3CCC(C(F)(F)F)C(F)(F)C3)CC2)cc1. The highest BCUT2D eigenvalue weighted by Crippen LogP contribution is 2.52. The smallest absolute Gasteiger partial charge is 0.313 e. The van der Waals surface area contributed by atoms with Gasteiger partial charge in [-0.15, -0.1) is 0 Å². The van der Waals surface area contributed by atoms with Crippen LogP contribution in [0.25, 0.3) is 6.08 Å². The molecule has 0 N–H and O–H groups in total. The summed E-state index contributed by atoms with van der Waals surface area (Å²) in [6.45, 7) is 1.82. The van der Waals surface area contributed by atoms with E-state index in [9.17, 15) is 30.7 Å². The summed E-state index contributed by atoms with van der Waals surface area (Å²) in [6, 6.07) is 5.76. The van der Waals surface area contributed by atoms with Crippen LogP contribution in [0.5, 0.6) is 0 Å². The molecule has 3 rings (SSSR count). The van der Waals surface area contributed by atoms with Crippen LogP contribution in [0.3, 0.4) is 0 Å². The van der Waals surface area contributed by atoms with Gasteiger partial charge in [0.2, 0.25) is 0 Å². The Morgan fingerprint density at radius 2 is 1.45 bits per heavy atom. The lowest BCUT2D eigenvalue weighted by molar-refractivity contribution is -0.279. The van der Waals surface area contributed by atoms with E-state index in [0.29, 0.717) is 12.8 Å². The van der Waals surface area contributed by atoms with Crippen molar-refractivity contribution in [1.82, 2.24) is 0 Å². The fourth-order valence-corrected chi connectivity index (χ4v) is 4.93. The Bertz CT molecular complexity index is 746. The van der Waals surface area contributed by atoms with Crippen molar-refractivity contribution >= 4 is 6.08 Å². The second kappa shape index (κ2) is 9.12. The lowest BCUT2D eigenvalue weighted by Gasteiger charge is -2.42. The van der Waals surface area contributed by atoms with Crippen LogP contribution < -0.4 is 0 Å². The number of alkyl halides is 7. The van der Waals surface area contributed by atoms with Gasteiger partial charge in [-0.1, -0.05) is 24.3 Å². The van der Waals surface area contributed by atoms with Crippen molar-refractivity contribution in [2.75, 3.05) is 0 Å². The lowest BCUT2D eigenvalue weighted by Crippen LogP contribution is -2.46. The minimum absolute atomic E-state index is 0.0880. The average Bonchev–Trinajstić information content (AvgIpc) is 2.67. The summed E-state index contributed by atoms with van der Waals surface area (Å²) >= 11 is 0. The zero-order valence-corrected chi connectivity index (χ0v) is 17.3. The normalized spacial score (nSPS) is 29.9. The molecule has 2 unspecified atom stereocenters. The molecule has 2 aliphatic rings. The number of ether oxygens (including phenoxy) is 1. The average molecular weight is 452 g/mol. The summed E-state index contributed by atoms with van der Waals surface area (Å²) < 4.78 is 101. The largest absolute Gasteiger partial charge is 0.397 e. The van der Waals surface area contributed by atoms with E-state index in [1.807, 2.05) is 6.92 Å². The molecular formula is C23H27F7O. The molecule has 0 radical (unpaired) electrons. The van der Waals surface area contributed by atoms with Gasteiger partial charge in [0.05, 0.1) is 11.7 Å². The quantitative estimate of drug-likeness (QED) is 0.412. The van der Waals surface area contributed by atoms with Gasteiger partial charge in [0.15, 0.2) is 0 Å². The molecule has 2 saturated carbocycles. The molecule has 0 aliphatic heterocycles. The third-order valence-electron chi connectivity index (χ3n) is 6.57. The van der Waals surface area contributed by atoms with Crippen LogP contribution in [0, 0.1) is 17.8 Å². The van der Waals surface area contributed by atoms with E-state index >= 15 is 0 Å². The number of benzene rings is 1. The van der Waals surface area contributed by atoms with Crippen molar-refractivity contribution in [2.24, 2.45) is 17.8 Å². The number of halogens is 7. The summed E-state index contributed by atoms with van der Waals surface area (Å²) in [5.74, 6) is -7.07. The Balaban J connectivity index is 1.54. The second-order valence-corrected chi connectivity index (χ2v) is 8.69. The molecule has 1 aromatic rings. The monoisotopic (exact) mass is 452 g/mol. The molecule has 0 spiro atoms. The van der Waals surface area contributed by atoms with Crippen LogP contribution in [0.2, 0.25) is 0 Å². The summed E-state index contributed by atoms with van der Waals surface area (Å²) in [5, 5.41) is 0. The van der Waals surface area contributed by atoms with Crippen LogP contribution in [-0.2, 0) is 10.8 Å². The first kappa shape index (κ1) is 24.1. The molecule has 0 amide bonds. The van der Waals surface area contributed by atoms with Gasteiger partial charge in [-0.2, -0.15) is 22.0 Å². The molecule has 8 heteroatoms. The fraction of sp³-hybridized carbons (Fsp3) is 0.652. The molecular weight excluding hydrogens is 425 g/mol. The number of rotatable bonds is 5. The first-order valence-electron chi connectivity index (χ1n) is 10.7. The van der Waals surface area contributed by atoms with Gasteiger partial charge in [-0.05, 0) is 75.0 Å². The lowest BCUT2D eigenvalue weighted by atomic mass is 9.69. The maximum Gasteiger partial charge on any atom is 0.397 e. The zero-order valence-electron chi connectivity index (χ0n) is 17.3. The first-order chi connectivity index (χ1) is 14.4. The highest BCUT2D eigenvalue weighted by atomic mass is 19.4. The van der Waals surface area contributed by atoms with Gasteiger partial charge < -0.3 is 4.74 Å². The van der Waals surface area contributed by atoms with Crippen LogP contribution in [0.15, 0.2) is 30.3 Å². The van der Waals surface area contributed by atoms with Gasteiger partial charge in [-0.25, -0.2) is 8.78 Å². The number of allylic oxidation sites excluding steroid dienone is 1. The van der Waals surface area contributed by atoms with Crippen molar-refractivity contribution in [2.45, 2.75) is 76.2 Å². The number of hydrogen-bond donors (Lipinski definition) is 0. The fourth-order valence-electron chi connectivity index (χ4n) is 4.93. The summed E-state index contributed by atoms with van der Waals surface area (Å²) in [5.41, 5.74) is 0.535. The van der Waals surface area contributed by atoms with E-state index in [1.165, 1.54) is 12.1 Å². The predicted molar refractivity (Wildman–Crippen MR) is 104 cm³/mol. The summed E-state index contributed by atoms with van der Waals surface area (Å²) in [7, 11) is 0. The Hall–Kier alpha value is -1.57. The standard InChI is InChI=1S/C23H27F7O/c1-2-3-15-4-9-18(10-5-15)23(29,30)31-19-11-6-16(7-12-19)17-8-13-20(22(26,27)28)21(24,25)14-17/h2-5,9-10,16-17,19-20H,6-8,11-14H2,1H3/b3-2+. The molecule has 2 fully saturated rings. The summed E-state index contributed by atoms with van der Waals surface area (Å²) in [4.78, 5) is 0. The van der Waals surface area contributed by atoms with Gasteiger partial charge in [-0.3, -0.25) is 0 Å². The third kappa shape index (κ3) is 5.82. The molecule has 0 heterocycles. The van der Waals surface area contributed by atoms with E-state index in [-0.39, 0.29) is 30.7 Å². The highest BCUT2D eigenvalue weighted by molar-refractivity contribution is 5.49. The minimum atomic E-state index is -4.91. The zero-order chi connectivity index (χ0) is 22.9. The van der Waals surface area contributed by atoms with Gasteiger partial charge in [0.1, 0.15) is 5.92 Å². The van der Waals surface area contributed by atoms with Crippen LogP contribution in [0.4, 0.5) is 30.7 Å². The molecule has 1 nitrogen and oxygen atoms in total. The summed E-state index contributed by atoms with van der Waals surface area (Å²) in [6.07, 6.45) is -5.43. The maximum absolute atomic E-state index is 14.5. The number of hydrogen-bond acceptors (Lipinski definition) is 1. The van der Waals surface area contributed by atoms with Gasteiger partial charge in [0.25, 0.3) is 5.92 Å².